The van der Waals surface area contributed by atoms with E-state index in [0.717, 1.165) is 12.8 Å². The first-order chi connectivity index (χ1) is 4.31. The second-order valence-corrected chi connectivity index (χ2v) is 2.54. The number of unbranched alkanes of at least 4 members (excludes halogenated alkanes) is 2. The third kappa shape index (κ3) is 5.84. The van der Waals surface area contributed by atoms with Crippen LogP contribution >= 0.6 is 0 Å². The Balaban J connectivity index is 2.88. The summed E-state index contributed by atoms with van der Waals surface area (Å²) in [6, 6.07) is 0.344. The van der Waals surface area contributed by atoms with Crippen molar-refractivity contribution in [2.45, 2.75) is 45.1 Å². The molecule has 2 N–H and O–H groups in total. The summed E-state index contributed by atoms with van der Waals surface area (Å²) in [5, 5.41) is 0. The van der Waals surface area contributed by atoms with Gasteiger partial charge in [-0.1, -0.05) is 33.1 Å². The lowest BCUT2D eigenvalue weighted by atomic mass is 10.1. The monoisotopic (exact) mass is 128 g/mol. The highest BCUT2D eigenvalue weighted by Crippen LogP contribution is 2.02. The number of nitrogens with two attached hydrogens (primary N) is 1. The van der Waals surface area contributed by atoms with E-state index in [2.05, 4.69) is 13.8 Å². The summed E-state index contributed by atoms with van der Waals surface area (Å²) in [6.07, 6.45) is 5.89. The predicted molar refractivity (Wildman–Crippen MR) is 42.1 cm³/mol. The lowest BCUT2D eigenvalue weighted by Gasteiger charge is -2.05. The average Bonchev–Trinajstić information content (AvgIpc) is 1.89. The van der Waals surface area contributed by atoms with Crippen molar-refractivity contribution in [2.24, 2.45) is 5.73 Å². The van der Waals surface area contributed by atoms with Crippen molar-refractivity contribution in [2.75, 3.05) is 0 Å². The summed E-state index contributed by atoms with van der Waals surface area (Å²) in [5.41, 5.74) is 5.65. The lowest BCUT2D eigenvalue weighted by Crippen LogP contribution is -2.17. The summed E-state index contributed by atoms with van der Waals surface area (Å²) in [4.78, 5) is 0. The summed E-state index contributed by atoms with van der Waals surface area (Å²) in [6.45, 7) is 5.94. The van der Waals surface area contributed by atoms with Crippen LogP contribution in [0.15, 0.2) is 0 Å². The molecule has 1 radical (unpaired) electrons. The molecule has 0 aliphatic carbocycles. The Labute approximate surface area is 58.6 Å². The molecule has 0 aromatic heterocycles. The summed E-state index contributed by atoms with van der Waals surface area (Å²) < 4.78 is 0. The van der Waals surface area contributed by atoms with Crippen LogP contribution in [0.3, 0.4) is 0 Å². The van der Waals surface area contributed by atoms with Crippen molar-refractivity contribution < 1.29 is 0 Å². The summed E-state index contributed by atoms with van der Waals surface area (Å²) in [7, 11) is 0. The number of hydrogen-bond donors (Lipinski definition) is 1. The fourth-order valence-corrected chi connectivity index (χ4v) is 0.801. The van der Waals surface area contributed by atoms with Crippen LogP contribution < -0.4 is 5.73 Å². The Morgan fingerprint density at radius 3 is 2.56 bits per heavy atom. The van der Waals surface area contributed by atoms with Crippen molar-refractivity contribution in [3.8, 4) is 0 Å². The predicted octanol–water partition coefficient (Wildman–Crippen LogP) is 2.12. The molecule has 0 fully saturated rings. The minimum absolute atomic E-state index is 0.344. The van der Waals surface area contributed by atoms with Gasteiger partial charge in [0.2, 0.25) is 0 Å². The first-order valence-corrected chi connectivity index (χ1v) is 3.86. The third-order valence-electron chi connectivity index (χ3n) is 1.55. The first-order valence-electron chi connectivity index (χ1n) is 3.86. The van der Waals surface area contributed by atoms with E-state index in [1.54, 1.807) is 0 Å². The molecule has 9 heavy (non-hydrogen) atoms. The second-order valence-electron chi connectivity index (χ2n) is 2.54. The number of rotatable bonds is 5. The van der Waals surface area contributed by atoms with Crippen LogP contribution in [0.2, 0.25) is 0 Å². The van der Waals surface area contributed by atoms with Gasteiger partial charge in [-0.2, -0.15) is 0 Å². The smallest absolute Gasteiger partial charge is 0.00388 e. The van der Waals surface area contributed by atoms with Gasteiger partial charge in [0.05, 0.1) is 0 Å². The molecule has 0 aliphatic heterocycles. The summed E-state index contributed by atoms with van der Waals surface area (Å²) in [5.74, 6) is 0. The van der Waals surface area contributed by atoms with Crippen molar-refractivity contribution in [1.29, 1.82) is 0 Å². The van der Waals surface area contributed by atoms with E-state index in [1.165, 1.54) is 19.3 Å². The summed E-state index contributed by atoms with van der Waals surface area (Å²) >= 11 is 0. The van der Waals surface area contributed by atoms with Gasteiger partial charge < -0.3 is 5.73 Å². The standard InChI is InChI=1S/C8H18N/c1-3-5-6-7-8(9)4-2/h8H,2-7,9H2,1H3. The molecule has 0 saturated carbocycles. The molecule has 0 aromatic carbocycles. The average molecular weight is 128 g/mol. The van der Waals surface area contributed by atoms with Crippen molar-refractivity contribution in [3.63, 3.8) is 0 Å². The highest BCUT2D eigenvalue weighted by atomic mass is 14.6. The van der Waals surface area contributed by atoms with Crippen LogP contribution in [0.4, 0.5) is 0 Å². The van der Waals surface area contributed by atoms with E-state index in [0.29, 0.717) is 6.04 Å². The number of hydrogen-bond acceptors (Lipinski definition) is 1. The van der Waals surface area contributed by atoms with E-state index in [-0.39, 0.29) is 0 Å². The normalized spacial score (nSPS) is 13.7. The SMILES string of the molecule is [CH2]CC(N)CCCCC. The quantitative estimate of drug-likeness (QED) is 0.564. The van der Waals surface area contributed by atoms with E-state index in [4.69, 9.17) is 5.73 Å². The molecule has 1 heteroatoms. The van der Waals surface area contributed by atoms with Crippen molar-refractivity contribution in [1.82, 2.24) is 0 Å². The zero-order chi connectivity index (χ0) is 7.11. The Bertz CT molecular complexity index is 52.5. The van der Waals surface area contributed by atoms with Crippen LogP contribution in [0.1, 0.15) is 39.0 Å². The Morgan fingerprint density at radius 1 is 1.44 bits per heavy atom. The van der Waals surface area contributed by atoms with Gasteiger partial charge in [0.25, 0.3) is 0 Å². The largest absolute Gasteiger partial charge is 0.328 e. The molecule has 0 spiro atoms. The van der Waals surface area contributed by atoms with E-state index in [1.807, 2.05) is 0 Å². The molecule has 0 heterocycles. The van der Waals surface area contributed by atoms with E-state index in [9.17, 15) is 0 Å². The molecule has 0 amide bonds. The van der Waals surface area contributed by atoms with Gasteiger partial charge in [-0.05, 0) is 12.8 Å². The van der Waals surface area contributed by atoms with Crippen molar-refractivity contribution in [3.05, 3.63) is 6.92 Å². The molecule has 55 valence electrons. The maximum atomic E-state index is 5.65. The Kier molecular flexibility index (Phi) is 6.06. The molecule has 0 aromatic rings. The van der Waals surface area contributed by atoms with E-state index >= 15 is 0 Å². The van der Waals surface area contributed by atoms with E-state index < -0.39 is 0 Å². The van der Waals surface area contributed by atoms with Crippen LogP contribution in [0.5, 0.6) is 0 Å². The van der Waals surface area contributed by atoms with Gasteiger partial charge in [0.15, 0.2) is 0 Å². The van der Waals surface area contributed by atoms with Gasteiger partial charge in [0, 0.05) is 6.04 Å². The van der Waals surface area contributed by atoms with Crippen molar-refractivity contribution >= 4 is 0 Å². The Hall–Kier alpha value is -0.0400. The topological polar surface area (TPSA) is 26.0 Å². The van der Waals surface area contributed by atoms with Crippen LogP contribution in [0.25, 0.3) is 0 Å². The van der Waals surface area contributed by atoms with Gasteiger partial charge in [-0.25, -0.2) is 0 Å². The maximum Gasteiger partial charge on any atom is 0.00388 e. The van der Waals surface area contributed by atoms with Gasteiger partial charge in [-0.3, -0.25) is 0 Å². The molecular weight excluding hydrogens is 110 g/mol. The molecule has 1 unspecified atom stereocenters. The zero-order valence-electron chi connectivity index (χ0n) is 6.40. The minimum Gasteiger partial charge on any atom is -0.328 e. The van der Waals surface area contributed by atoms with Crippen LogP contribution in [-0.4, -0.2) is 6.04 Å². The molecule has 0 rings (SSSR count). The fraction of sp³-hybridized carbons (Fsp3) is 0.875. The molecule has 0 aliphatic rings. The highest BCUT2D eigenvalue weighted by molar-refractivity contribution is 4.61. The molecule has 0 bridgehead atoms. The Morgan fingerprint density at radius 2 is 2.11 bits per heavy atom. The van der Waals surface area contributed by atoms with Gasteiger partial charge in [-0.15, -0.1) is 0 Å². The minimum atomic E-state index is 0.344. The third-order valence-corrected chi connectivity index (χ3v) is 1.55. The van der Waals surface area contributed by atoms with Gasteiger partial charge in [0.1, 0.15) is 0 Å². The van der Waals surface area contributed by atoms with Crippen LogP contribution in [0, 0.1) is 6.92 Å². The maximum absolute atomic E-state index is 5.65. The molecule has 0 saturated heterocycles. The lowest BCUT2D eigenvalue weighted by molar-refractivity contribution is 0.563. The fourth-order valence-electron chi connectivity index (χ4n) is 0.801. The zero-order valence-corrected chi connectivity index (χ0v) is 6.40. The molecular formula is C8H18N. The molecule has 1 nitrogen and oxygen atoms in total. The van der Waals surface area contributed by atoms with Gasteiger partial charge >= 0.3 is 0 Å². The highest BCUT2D eigenvalue weighted by Gasteiger charge is 1.96. The first kappa shape index (κ1) is 8.96. The molecule has 1 atom stereocenters. The second kappa shape index (κ2) is 6.09. The van der Waals surface area contributed by atoms with Crippen LogP contribution in [-0.2, 0) is 0 Å².